The summed E-state index contributed by atoms with van der Waals surface area (Å²) in [6.07, 6.45) is 2.06. The number of benzene rings is 1. The van der Waals surface area contributed by atoms with Crippen molar-refractivity contribution in [2.75, 3.05) is 0 Å². The van der Waals surface area contributed by atoms with Gasteiger partial charge in [-0.3, -0.25) is 4.79 Å². The predicted octanol–water partition coefficient (Wildman–Crippen LogP) is 5.14. The Balaban J connectivity index is 3.00. The van der Waals surface area contributed by atoms with Gasteiger partial charge in [-0.1, -0.05) is 63.6 Å². The summed E-state index contributed by atoms with van der Waals surface area (Å²) in [5.74, 6) is -0.579. The van der Waals surface area contributed by atoms with Crippen LogP contribution >= 0.6 is 0 Å². The third-order valence-electron chi connectivity index (χ3n) is 4.32. The molecule has 1 aromatic carbocycles. The SMILES string of the molecule is CC(=CC(C)c1ccc(C(C)(C)C)cc1)C(C)(C)C(=O)O. The van der Waals surface area contributed by atoms with Gasteiger partial charge in [0, 0.05) is 0 Å². The topological polar surface area (TPSA) is 37.3 Å². The summed E-state index contributed by atoms with van der Waals surface area (Å²) in [7, 11) is 0. The summed E-state index contributed by atoms with van der Waals surface area (Å²) < 4.78 is 0. The summed E-state index contributed by atoms with van der Waals surface area (Å²) in [6.45, 7) is 14.1. The lowest BCUT2D eigenvalue weighted by molar-refractivity contribution is -0.144. The molecule has 0 saturated carbocycles. The molecule has 1 atom stereocenters. The van der Waals surface area contributed by atoms with Crippen molar-refractivity contribution >= 4 is 5.97 Å². The Morgan fingerprint density at radius 3 is 1.95 bits per heavy atom. The molecule has 0 aromatic heterocycles. The number of hydrogen-bond acceptors (Lipinski definition) is 1. The van der Waals surface area contributed by atoms with Crippen molar-refractivity contribution < 1.29 is 9.90 Å². The molecule has 1 rings (SSSR count). The first kappa shape index (κ1) is 17.5. The van der Waals surface area contributed by atoms with Gasteiger partial charge in [0.15, 0.2) is 0 Å². The van der Waals surface area contributed by atoms with Crippen LogP contribution in [0, 0.1) is 5.41 Å². The molecule has 2 nitrogen and oxygen atoms in total. The van der Waals surface area contributed by atoms with Gasteiger partial charge in [-0.25, -0.2) is 0 Å². The van der Waals surface area contributed by atoms with Gasteiger partial charge in [0.1, 0.15) is 0 Å². The first-order valence-electron chi connectivity index (χ1n) is 7.49. The zero-order chi connectivity index (χ0) is 16.4. The Hall–Kier alpha value is -1.57. The lowest BCUT2D eigenvalue weighted by Crippen LogP contribution is -2.25. The van der Waals surface area contributed by atoms with E-state index in [9.17, 15) is 9.90 Å². The summed E-state index contributed by atoms with van der Waals surface area (Å²) in [5, 5.41) is 9.28. The van der Waals surface area contributed by atoms with Crippen LogP contribution in [0.2, 0.25) is 0 Å². The van der Waals surface area contributed by atoms with Crippen molar-refractivity contribution in [1.29, 1.82) is 0 Å². The van der Waals surface area contributed by atoms with Crippen molar-refractivity contribution in [1.82, 2.24) is 0 Å². The molecule has 116 valence electrons. The number of aliphatic carboxylic acids is 1. The molecule has 1 aromatic rings. The Morgan fingerprint density at radius 2 is 1.57 bits per heavy atom. The number of carboxylic acids is 1. The van der Waals surface area contributed by atoms with E-state index in [1.165, 1.54) is 11.1 Å². The highest BCUT2D eigenvalue weighted by Crippen LogP contribution is 2.30. The Kier molecular flexibility index (Phi) is 5.03. The highest BCUT2D eigenvalue weighted by atomic mass is 16.4. The van der Waals surface area contributed by atoms with Gasteiger partial charge in [-0.05, 0) is 43.2 Å². The quantitative estimate of drug-likeness (QED) is 0.778. The minimum absolute atomic E-state index is 0.152. The van der Waals surface area contributed by atoms with Crippen molar-refractivity contribution in [3.8, 4) is 0 Å². The summed E-state index contributed by atoms with van der Waals surface area (Å²) >= 11 is 0. The average Bonchev–Trinajstić information content (AvgIpc) is 2.37. The molecule has 0 amide bonds. The van der Waals surface area contributed by atoms with E-state index in [1.807, 2.05) is 6.92 Å². The van der Waals surface area contributed by atoms with E-state index in [4.69, 9.17) is 0 Å². The maximum absolute atomic E-state index is 11.3. The standard InChI is InChI=1S/C19H28O2/c1-13(12-14(2)19(6,7)17(20)21)15-8-10-16(11-9-15)18(3,4)5/h8-13H,1-7H3,(H,20,21). The molecule has 0 spiro atoms. The van der Waals surface area contributed by atoms with E-state index >= 15 is 0 Å². The Labute approximate surface area is 128 Å². The number of rotatable bonds is 4. The molecule has 1 N–H and O–H groups in total. The zero-order valence-electron chi connectivity index (χ0n) is 14.3. The average molecular weight is 288 g/mol. The molecular weight excluding hydrogens is 260 g/mol. The smallest absolute Gasteiger partial charge is 0.313 e. The minimum atomic E-state index is -0.820. The van der Waals surface area contributed by atoms with Crippen molar-refractivity contribution in [3.05, 3.63) is 47.0 Å². The van der Waals surface area contributed by atoms with Gasteiger partial charge in [-0.15, -0.1) is 0 Å². The molecule has 0 aliphatic heterocycles. The largest absolute Gasteiger partial charge is 0.481 e. The van der Waals surface area contributed by atoms with Gasteiger partial charge < -0.3 is 5.11 Å². The van der Waals surface area contributed by atoms with E-state index in [2.05, 4.69) is 58.0 Å². The van der Waals surface area contributed by atoms with Crippen LogP contribution in [0.15, 0.2) is 35.9 Å². The lowest BCUT2D eigenvalue weighted by Gasteiger charge is -2.22. The van der Waals surface area contributed by atoms with Crippen LogP contribution in [0.1, 0.15) is 65.5 Å². The second kappa shape index (κ2) is 6.05. The van der Waals surface area contributed by atoms with Crippen LogP contribution in [0.3, 0.4) is 0 Å². The number of carboxylic acid groups (broad SMARTS) is 1. The van der Waals surface area contributed by atoms with E-state index < -0.39 is 11.4 Å². The second-order valence-electron chi connectivity index (χ2n) is 7.44. The lowest BCUT2D eigenvalue weighted by atomic mass is 9.82. The fourth-order valence-corrected chi connectivity index (χ4v) is 2.13. The minimum Gasteiger partial charge on any atom is -0.481 e. The maximum atomic E-state index is 11.3. The van der Waals surface area contributed by atoms with E-state index in [1.54, 1.807) is 13.8 Å². The summed E-state index contributed by atoms with van der Waals surface area (Å²) in [6, 6.07) is 8.61. The van der Waals surface area contributed by atoms with Gasteiger partial charge >= 0.3 is 5.97 Å². The van der Waals surface area contributed by atoms with Crippen LogP contribution in [-0.4, -0.2) is 11.1 Å². The first-order chi connectivity index (χ1) is 9.46. The molecule has 1 unspecified atom stereocenters. The molecule has 0 heterocycles. The normalized spacial score (nSPS) is 14.9. The zero-order valence-corrected chi connectivity index (χ0v) is 14.3. The monoisotopic (exact) mass is 288 g/mol. The molecule has 0 aliphatic rings. The van der Waals surface area contributed by atoms with Gasteiger partial charge in [-0.2, -0.15) is 0 Å². The van der Waals surface area contributed by atoms with E-state index in [-0.39, 0.29) is 11.3 Å². The molecular formula is C19H28O2. The Bertz CT molecular complexity index is 528. The summed E-state index contributed by atoms with van der Waals surface area (Å²) in [4.78, 5) is 11.3. The Morgan fingerprint density at radius 1 is 1.10 bits per heavy atom. The number of allylic oxidation sites excluding steroid dienone is 1. The van der Waals surface area contributed by atoms with Crippen LogP contribution < -0.4 is 0 Å². The van der Waals surface area contributed by atoms with E-state index in [0.717, 1.165) is 5.57 Å². The third-order valence-corrected chi connectivity index (χ3v) is 4.32. The molecule has 0 radical (unpaired) electrons. The number of hydrogen-bond donors (Lipinski definition) is 1. The number of carbonyl (C=O) groups is 1. The van der Waals surface area contributed by atoms with Gasteiger partial charge in [0.05, 0.1) is 5.41 Å². The molecule has 21 heavy (non-hydrogen) atoms. The molecule has 0 aliphatic carbocycles. The van der Waals surface area contributed by atoms with Crippen LogP contribution in [0.25, 0.3) is 0 Å². The molecule has 0 bridgehead atoms. The van der Waals surface area contributed by atoms with Crippen LogP contribution in [0.4, 0.5) is 0 Å². The van der Waals surface area contributed by atoms with Crippen LogP contribution in [-0.2, 0) is 10.2 Å². The fourth-order valence-electron chi connectivity index (χ4n) is 2.13. The predicted molar refractivity (Wildman–Crippen MR) is 88.7 cm³/mol. The molecule has 0 saturated heterocycles. The highest BCUT2D eigenvalue weighted by Gasteiger charge is 2.29. The maximum Gasteiger partial charge on any atom is 0.313 e. The molecule has 2 heteroatoms. The van der Waals surface area contributed by atoms with Gasteiger partial charge in [0.2, 0.25) is 0 Å². The van der Waals surface area contributed by atoms with Crippen molar-refractivity contribution in [2.45, 2.75) is 59.8 Å². The third kappa shape index (κ3) is 4.20. The fraction of sp³-hybridized carbons (Fsp3) is 0.526. The molecule has 0 fully saturated rings. The van der Waals surface area contributed by atoms with E-state index in [0.29, 0.717) is 0 Å². The second-order valence-corrected chi connectivity index (χ2v) is 7.44. The van der Waals surface area contributed by atoms with Gasteiger partial charge in [0.25, 0.3) is 0 Å². The highest BCUT2D eigenvalue weighted by molar-refractivity contribution is 5.77. The van der Waals surface area contributed by atoms with Crippen molar-refractivity contribution in [2.24, 2.45) is 5.41 Å². The van der Waals surface area contributed by atoms with Crippen LogP contribution in [0.5, 0.6) is 0 Å². The van der Waals surface area contributed by atoms with Crippen molar-refractivity contribution in [3.63, 3.8) is 0 Å². The first-order valence-corrected chi connectivity index (χ1v) is 7.49. The summed E-state index contributed by atoms with van der Waals surface area (Å²) in [5.41, 5.74) is 2.74.